The lowest BCUT2D eigenvalue weighted by atomic mass is 10.1. The van der Waals surface area contributed by atoms with Crippen LogP contribution in [-0.4, -0.2) is 9.78 Å². The fourth-order valence-corrected chi connectivity index (χ4v) is 2.76. The number of aryl methyl sites for hydroxylation is 1. The van der Waals surface area contributed by atoms with Crippen molar-refractivity contribution in [1.29, 1.82) is 0 Å². The summed E-state index contributed by atoms with van der Waals surface area (Å²) in [5, 5.41) is 9.94. The van der Waals surface area contributed by atoms with Gasteiger partial charge in [0.1, 0.15) is 0 Å². The molecule has 92 valence electrons. The normalized spacial score (nSPS) is 12.8. The molecule has 2 rings (SSSR count). The zero-order chi connectivity index (χ0) is 12.1. The fourth-order valence-electron chi connectivity index (χ4n) is 1.93. The van der Waals surface area contributed by atoms with Gasteiger partial charge >= 0.3 is 0 Å². The van der Waals surface area contributed by atoms with E-state index in [1.807, 2.05) is 29.3 Å². The summed E-state index contributed by atoms with van der Waals surface area (Å²) >= 11 is 1.83. The number of hydrogen-bond acceptors (Lipinski definition) is 3. The van der Waals surface area contributed by atoms with Crippen LogP contribution in [0.25, 0.3) is 0 Å². The van der Waals surface area contributed by atoms with Crippen LogP contribution in [-0.2, 0) is 13.6 Å². The molecule has 3 nitrogen and oxygen atoms in total. The molecule has 1 atom stereocenters. The van der Waals surface area contributed by atoms with Gasteiger partial charge in [-0.3, -0.25) is 4.68 Å². The van der Waals surface area contributed by atoms with Crippen LogP contribution < -0.4 is 5.32 Å². The molecule has 4 heteroatoms. The van der Waals surface area contributed by atoms with Crippen LogP contribution >= 0.6 is 11.3 Å². The first-order valence-corrected chi connectivity index (χ1v) is 6.93. The van der Waals surface area contributed by atoms with Gasteiger partial charge in [-0.05, 0) is 23.9 Å². The SMILES string of the molecule is CCCC(NCc1ccnn1C)c1cccs1. The summed E-state index contributed by atoms with van der Waals surface area (Å²) in [4.78, 5) is 1.43. The van der Waals surface area contributed by atoms with Crippen LogP contribution in [0.1, 0.15) is 36.4 Å². The summed E-state index contributed by atoms with van der Waals surface area (Å²) < 4.78 is 1.92. The maximum absolute atomic E-state index is 4.18. The molecule has 0 radical (unpaired) electrons. The average molecular weight is 249 g/mol. The summed E-state index contributed by atoms with van der Waals surface area (Å²) in [5.74, 6) is 0. The van der Waals surface area contributed by atoms with Crippen LogP contribution in [0, 0.1) is 0 Å². The summed E-state index contributed by atoms with van der Waals surface area (Å²) in [5.41, 5.74) is 1.22. The zero-order valence-corrected chi connectivity index (χ0v) is 11.2. The molecule has 0 saturated heterocycles. The maximum atomic E-state index is 4.18. The maximum Gasteiger partial charge on any atom is 0.0518 e. The molecule has 0 amide bonds. The minimum atomic E-state index is 0.467. The minimum absolute atomic E-state index is 0.467. The van der Waals surface area contributed by atoms with E-state index in [1.165, 1.54) is 23.4 Å². The summed E-state index contributed by atoms with van der Waals surface area (Å²) in [6.07, 6.45) is 4.22. The Balaban J connectivity index is 1.97. The second-order valence-corrected chi connectivity index (χ2v) is 5.16. The number of nitrogens with one attached hydrogen (secondary N) is 1. The molecule has 0 aliphatic carbocycles. The third-order valence-electron chi connectivity index (χ3n) is 2.92. The Bertz CT molecular complexity index is 433. The molecule has 0 bridgehead atoms. The molecule has 1 unspecified atom stereocenters. The third-order valence-corrected chi connectivity index (χ3v) is 3.90. The minimum Gasteiger partial charge on any atom is -0.304 e. The van der Waals surface area contributed by atoms with Crippen molar-refractivity contribution in [3.8, 4) is 0 Å². The first kappa shape index (κ1) is 12.3. The largest absolute Gasteiger partial charge is 0.304 e. The average Bonchev–Trinajstić information content (AvgIpc) is 2.96. The Morgan fingerprint density at radius 2 is 2.35 bits per heavy atom. The van der Waals surface area contributed by atoms with E-state index in [-0.39, 0.29) is 0 Å². The summed E-state index contributed by atoms with van der Waals surface area (Å²) in [6, 6.07) is 6.86. The van der Waals surface area contributed by atoms with E-state index in [0.29, 0.717) is 6.04 Å². The summed E-state index contributed by atoms with van der Waals surface area (Å²) in [6.45, 7) is 3.10. The Kier molecular flexibility index (Phi) is 4.34. The lowest BCUT2D eigenvalue weighted by Gasteiger charge is -2.16. The summed E-state index contributed by atoms with van der Waals surface area (Å²) in [7, 11) is 1.98. The van der Waals surface area contributed by atoms with Gasteiger partial charge in [0.15, 0.2) is 0 Å². The molecule has 0 fully saturated rings. The zero-order valence-electron chi connectivity index (χ0n) is 10.4. The Morgan fingerprint density at radius 3 is 2.94 bits per heavy atom. The van der Waals surface area contributed by atoms with Crippen molar-refractivity contribution in [1.82, 2.24) is 15.1 Å². The molecule has 0 spiro atoms. The van der Waals surface area contributed by atoms with Crippen molar-refractivity contribution < 1.29 is 0 Å². The van der Waals surface area contributed by atoms with Crippen molar-refractivity contribution in [2.75, 3.05) is 0 Å². The molecule has 0 aromatic carbocycles. The van der Waals surface area contributed by atoms with E-state index in [0.717, 1.165) is 6.54 Å². The van der Waals surface area contributed by atoms with E-state index in [4.69, 9.17) is 0 Å². The first-order valence-electron chi connectivity index (χ1n) is 6.05. The van der Waals surface area contributed by atoms with Gasteiger partial charge in [0.2, 0.25) is 0 Å². The predicted molar refractivity (Wildman–Crippen MR) is 72.0 cm³/mol. The number of nitrogens with zero attached hydrogens (tertiary/aromatic N) is 2. The molecule has 2 aromatic rings. The highest BCUT2D eigenvalue weighted by atomic mass is 32.1. The predicted octanol–water partition coefficient (Wildman–Crippen LogP) is 3.11. The van der Waals surface area contributed by atoms with Gasteiger partial charge in [0.05, 0.1) is 5.69 Å². The highest BCUT2D eigenvalue weighted by molar-refractivity contribution is 7.10. The topological polar surface area (TPSA) is 29.9 Å². The van der Waals surface area contributed by atoms with E-state index < -0.39 is 0 Å². The lowest BCUT2D eigenvalue weighted by molar-refractivity contribution is 0.487. The molecular weight excluding hydrogens is 230 g/mol. The number of rotatable bonds is 6. The lowest BCUT2D eigenvalue weighted by Crippen LogP contribution is -2.21. The molecule has 2 heterocycles. The first-order chi connectivity index (χ1) is 8.31. The van der Waals surface area contributed by atoms with Crippen LogP contribution in [0.2, 0.25) is 0 Å². The van der Waals surface area contributed by atoms with Gasteiger partial charge < -0.3 is 5.32 Å². The quantitative estimate of drug-likeness (QED) is 0.852. The van der Waals surface area contributed by atoms with Gasteiger partial charge in [-0.25, -0.2) is 0 Å². The second-order valence-electron chi connectivity index (χ2n) is 4.18. The van der Waals surface area contributed by atoms with Gasteiger partial charge in [-0.1, -0.05) is 19.4 Å². The molecule has 0 aliphatic rings. The van der Waals surface area contributed by atoms with Gasteiger partial charge in [0.25, 0.3) is 0 Å². The van der Waals surface area contributed by atoms with Gasteiger partial charge in [-0.2, -0.15) is 5.10 Å². The van der Waals surface area contributed by atoms with E-state index in [9.17, 15) is 0 Å². The number of aromatic nitrogens is 2. The van der Waals surface area contributed by atoms with Crippen LogP contribution in [0.5, 0.6) is 0 Å². The van der Waals surface area contributed by atoms with Crippen LogP contribution in [0.15, 0.2) is 29.8 Å². The highest BCUT2D eigenvalue weighted by Gasteiger charge is 2.11. The fraction of sp³-hybridized carbons (Fsp3) is 0.462. The third kappa shape index (κ3) is 3.17. The van der Waals surface area contributed by atoms with Gasteiger partial charge in [0, 0.05) is 30.7 Å². The molecule has 2 aromatic heterocycles. The van der Waals surface area contributed by atoms with Gasteiger partial charge in [-0.15, -0.1) is 11.3 Å². The standard InChI is InChI=1S/C13H19N3S/c1-3-5-12(13-6-4-9-17-13)14-10-11-7-8-15-16(11)2/h4,6-9,12,14H,3,5,10H2,1-2H3. The van der Waals surface area contributed by atoms with E-state index in [1.54, 1.807) is 0 Å². The van der Waals surface area contributed by atoms with Crippen molar-refractivity contribution in [2.45, 2.75) is 32.4 Å². The Hall–Kier alpha value is -1.13. The highest BCUT2D eigenvalue weighted by Crippen LogP contribution is 2.23. The number of hydrogen-bond donors (Lipinski definition) is 1. The van der Waals surface area contributed by atoms with Crippen molar-refractivity contribution in [3.63, 3.8) is 0 Å². The van der Waals surface area contributed by atoms with Crippen LogP contribution in [0.4, 0.5) is 0 Å². The molecule has 0 saturated carbocycles. The Morgan fingerprint density at radius 1 is 1.47 bits per heavy atom. The number of thiophene rings is 1. The smallest absolute Gasteiger partial charge is 0.0518 e. The van der Waals surface area contributed by atoms with Crippen molar-refractivity contribution >= 4 is 11.3 Å². The monoisotopic (exact) mass is 249 g/mol. The van der Waals surface area contributed by atoms with E-state index in [2.05, 4.69) is 40.9 Å². The molecule has 17 heavy (non-hydrogen) atoms. The second kappa shape index (κ2) is 5.98. The Labute approximate surface area is 106 Å². The van der Waals surface area contributed by atoms with Crippen molar-refractivity contribution in [3.05, 3.63) is 40.3 Å². The molecular formula is C13H19N3S. The van der Waals surface area contributed by atoms with Crippen molar-refractivity contribution in [2.24, 2.45) is 7.05 Å². The van der Waals surface area contributed by atoms with E-state index >= 15 is 0 Å². The molecule has 0 aliphatic heterocycles. The van der Waals surface area contributed by atoms with Crippen LogP contribution in [0.3, 0.4) is 0 Å². The molecule has 1 N–H and O–H groups in total.